The second-order valence-electron chi connectivity index (χ2n) is 4.43. The summed E-state index contributed by atoms with van der Waals surface area (Å²) >= 11 is 0. The summed E-state index contributed by atoms with van der Waals surface area (Å²) in [6.07, 6.45) is 4.31. The number of carbonyl (C=O) groups is 1. The quantitative estimate of drug-likeness (QED) is 0.573. The minimum absolute atomic E-state index is 0.285. The molecule has 1 saturated carbocycles. The second-order valence-corrected chi connectivity index (χ2v) is 4.43. The van der Waals surface area contributed by atoms with Crippen LogP contribution in [-0.2, 0) is 9.53 Å². The Kier molecular flexibility index (Phi) is 3.55. The molecular formula is C12H20O3. The van der Waals surface area contributed by atoms with Crippen LogP contribution < -0.4 is 0 Å². The van der Waals surface area contributed by atoms with Gasteiger partial charge in [0.25, 0.3) is 0 Å². The molecule has 3 heteroatoms. The maximum atomic E-state index is 11.8. The lowest BCUT2D eigenvalue weighted by Crippen LogP contribution is -2.47. The fourth-order valence-corrected chi connectivity index (χ4v) is 2.39. The van der Waals surface area contributed by atoms with Crippen molar-refractivity contribution in [3.63, 3.8) is 0 Å². The molecule has 1 rings (SSSR count). The van der Waals surface area contributed by atoms with Gasteiger partial charge in [0.05, 0.1) is 17.6 Å². The van der Waals surface area contributed by atoms with E-state index in [4.69, 9.17) is 4.74 Å². The summed E-state index contributed by atoms with van der Waals surface area (Å²) in [5.74, 6) is -0.285. The standard InChI is InChI=1S/C12H20O3/c1-4-7-12(14)9-6-8-11(12,3)10(13)15-5-2/h4,14H,1,5-9H2,2-3H3. The van der Waals surface area contributed by atoms with Crippen molar-refractivity contribution in [3.05, 3.63) is 12.7 Å². The first kappa shape index (κ1) is 12.2. The van der Waals surface area contributed by atoms with E-state index in [0.29, 0.717) is 25.9 Å². The molecule has 0 aromatic carbocycles. The van der Waals surface area contributed by atoms with Gasteiger partial charge in [-0.05, 0) is 39.5 Å². The highest BCUT2D eigenvalue weighted by molar-refractivity contribution is 5.78. The molecular weight excluding hydrogens is 192 g/mol. The molecule has 0 aromatic rings. The lowest BCUT2D eigenvalue weighted by Gasteiger charge is -2.36. The largest absolute Gasteiger partial charge is 0.465 e. The van der Waals surface area contributed by atoms with Crippen molar-refractivity contribution >= 4 is 5.97 Å². The van der Waals surface area contributed by atoms with E-state index < -0.39 is 11.0 Å². The van der Waals surface area contributed by atoms with Gasteiger partial charge in [-0.25, -0.2) is 0 Å². The first-order valence-corrected chi connectivity index (χ1v) is 5.50. The maximum Gasteiger partial charge on any atom is 0.314 e. The summed E-state index contributed by atoms with van der Waals surface area (Å²) in [4.78, 5) is 11.8. The Hall–Kier alpha value is -0.830. The zero-order valence-corrected chi connectivity index (χ0v) is 9.58. The molecule has 1 N–H and O–H groups in total. The molecule has 1 fully saturated rings. The normalized spacial score (nSPS) is 35.1. The highest BCUT2D eigenvalue weighted by Gasteiger charge is 2.55. The van der Waals surface area contributed by atoms with Gasteiger partial charge >= 0.3 is 5.97 Å². The number of hydrogen-bond donors (Lipinski definition) is 1. The molecule has 2 atom stereocenters. The monoisotopic (exact) mass is 212 g/mol. The highest BCUT2D eigenvalue weighted by atomic mass is 16.5. The summed E-state index contributed by atoms with van der Waals surface area (Å²) in [6, 6.07) is 0. The maximum absolute atomic E-state index is 11.8. The van der Waals surface area contributed by atoms with Crippen LogP contribution in [0.5, 0.6) is 0 Å². The van der Waals surface area contributed by atoms with Crippen LogP contribution in [0.25, 0.3) is 0 Å². The van der Waals surface area contributed by atoms with Crippen LogP contribution >= 0.6 is 0 Å². The summed E-state index contributed by atoms with van der Waals surface area (Å²) in [5, 5.41) is 10.4. The molecule has 1 aliphatic rings. The molecule has 0 aliphatic heterocycles. The van der Waals surface area contributed by atoms with Gasteiger partial charge in [-0.2, -0.15) is 0 Å². The lowest BCUT2D eigenvalue weighted by atomic mass is 9.74. The third-order valence-electron chi connectivity index (χ3n) is 3.50. The fraction of sp³-hybridized carbons (Fsp3) is 0.750. The Morgan fingerprint density at radius 2 is 2.27 bits per heavy atom. The SMILES string of the molecule is C=CCC1(O)CCCC1(C)C(=O)OCC. The van der Waals surface area contributed by atoms with Gasteiger partial charge in [0.2, 0.25) is 0 Å². The minimum atomic E-state index is -0.971. The number of hydrogen-bond acceptors (Lipinski definition) is 3. The molecule has 0 aromatic heterocycles. The first-order valence-electron chi connectivity index (χ1n) is 5.50. The van der Waals surface area contributed by atoms with Crippen molar-refractivity contribution in [1.29, 1.82) is 0 Å². The summed E-state index contributed by atoms with van der Waals surface area (Å²) < 4.78 is 5.04. The van der Waals surface area contributed by atoms with E-state index in [0.717, 1.165) is 6.42 Å². The number of ether oxygens (including phenoxy) is 1. The molecule has 0 spiro atoms. The van der Waals surface area contributed by atoms with Crippen LogP contribution in [0.15, 0.2) is 12.7 Å². The van der Waals surface area contributed by atoms with Crippen molar-refractivity contribution in [2.45, 2.75) is 45.1 Å². The van der Waals surface area contributed by atoms with E-state index in [1.807, 2.05) is 0 Å². The van der Waals surface area contributed by atoms with Crippen LogP contribution in [0.3, 0.4) is 0 Å². The van der Waals surface area contributed by atoms with Gasteiger partial charge in [0, 0.05) is 0 Å². The Bertz CT molecular complexity index is 262. The zero-order chi connectivity index (χ0) is 11.5. The summed E-state index contributed by atoms with van der Waals surface area (Å²) in [6.45, 7) is 7.56. The van der Waals surface area contributed by atoms with E-state index in [1.54, 1.807) is 19.9 Å². The Morgan fingerprint density at radius 1 is 1.60 bits per heavy atom. The first-order chi connectivity index (χ1) is 7.00. The zero-order valence-electron chi connectivity index (χ0n) is 9.58. The average Bonchev–Trinajstić information content (AvgIpc) is 2.45. The summed E-state index contributed by atoms with van der Waals surface area (Å²) in [7, 11) is 0. The molecule has 86 valence electrons. The van der Waals surface area contributed by atoms with E-state index in [-0.39, 0.29) is 5.97 Å². The van der Waals surface area contributed by atoms with Crippen molar-refractivity contribution in [2.75, 3.05) is 6.61 Å². The van der Waals surface area contributed by atoms with E-state index in [9.17, 15) is 9.90 Å². The van der Waals surface area contributed by atoms with Gasteiger partial charge in [0.1, 0.15) is 0 Å². The van der Waals surface area contributed by atoms with Gasteiger partial charge < -0.3 is 9.84 Å². The Labute approximate surface area is 91.1 Å². The van der Waals surface area contributed by atoms with Gasteiger partial charge in [-0.1, -0.05) is 6.08 Å². The highest BCUT2D eigenvalue weighted by Crippen LogP contribution is 2.49. The smallest absolute Gasteiger partial charge is 0.314 e. The van der Waals surface area contributed by atoms with Crippen LogP contribution in [-0.4, -0.2) is 23.3 Å². The molecule has 0 radical (unpaired) electrons. The summed E-state index contributed by atoms with van der Waals surface area (Å²) in [5.41, 5.74) is -1.74. The second kappa shape index (κ2) is 4.35. The molecule has 1 aliphatic carbocycles. The third-order valence-corrected chi connectivity index (χ3v) is 3.50. The average molecular weight is 212 g/mol. The fourth-order valence-electron chi connectivity index (χ4n) is 2.39. The van der Waals surface area contributed by atoms with Gasteiger partial charge in [-0.15, -0.1) is 6.58 Å². The van der Waals surface area contributed by atoms with Crippen LogP contribution in [0.1, 0.15) is 39.5 Å². The van der Waals surface area contributed by atoms with Gasteiger partial charge in [-0.3, -0.25) is 4.79 Å². The topological polar surface area (TPSA) is 46.5 Å². The molecule has 3 nitrogen and oxygen atoms in total. The van der Waals surface area contributed by atoms with Crippen molar-refractivity contribution < 1.29 is 14.6 Å². The van der Waals surface area contributed by atoms with Crippen molar-refractivity contribution in [3.8, 4) is 0 Å². The minimum Gasteiger partial charge on any atom is -0.465 e. The molecule has 0 amide bonds. The molecule has 0 bridgehead atoms. The Morgan fingerprint density at radius 3 is 2.80 bits per heavy atom. The van der Waals surface area contributed by atoms with Crippen molar-refractivity contribution in [2.24, 2.45) is 5.41 Å². The predicted molar refractivity (Wildman–Crippen MR) is 58.4 cm³/mol. The number of carbonyl (C=O) groups excluding carboxylic acids is 1. The van der Waals surface area contributed by atoms with E-state index in [2.05, 4.69) is 6.58 Å². The lowest BCUT2D eigenvalue weighted by molar-refractivity contribution is -0.168. The van der Waals surface area contributed by atoms with E-state index >= 15 is 0 Å². The predicted octanol–water partition coefficient (Wildman–Crippen LogP) is 2.05. The van der Waals surface area contributed by atoms with Crippen LogP contribution in [0.2, 0.25) is 0 Å². The Balaban J connectivity index is 2.89. The third kappa shape index (κ3) is 1.93. The molecule has 0 heterocycles. The molecule has 0 saturated heterocycles. The number of esters is 1. The van der Waals surface area contributed by atoms with Crippen LogP contribution in [0, 0.1) is 5.41 Å². The van der Waals surface area contributed by atoms with Crippen LogP contribution in [0.4, 0.5) is 0 Å². The number of rotatable bonds is 4. The molecule has 2 unspecified atom stereocenters. The molecule has 15 heavy (non-hydrogen) atoms. The van der Waals surface area contributed by atoms with Crippen molar-refractivity contribution in [1.82, 2.24) is 0 Å². The van der Waals surface area contributed by atoms with Gasteiger partial charge in [0.15, 0.2) is 0 Å². The number of aliphatic hydroxyl groups is 1. The van der Waals surface area contributed by atoms with E-state index in [1.165, 1.54) is 0 Å².